The maximum atomic E-state index is 5.93. The summed E-state index contributed by atoms with van der Waals surface area (Å²) in [5.74, 6) is 1.55. The molecule has 0 fully saturated rings. The van der Waals surface area contributed by atoms with Crippen LogP contribution in [0.4, 0.5) is 5.82 Å². The van der Waals surface area contributed by atoms with Crippen molar-refractivity contribution in [3.05, 3.63) is 38.9 Å². The van der Waals surface area contributed by atoms with Crippen molar-refractivity contribution in [1.82, 2.24) is 9.97 Å². The summed E-state index contributed by atoms with van der Waals surface area (Å²) in [6.07, 6.45) is 0.784. The molecule has 90 valence electrons. The van der Waals surface area contributed by atoms with Crippen molar-refractivity contribution >= 4 is 28.8 Å². The molecule has 2 aromatic rings. The molecule has 2 heterocycles. The Labute approximate surface area is 110 Å². The summed E-state index contributed by atoms with van der Waals surface area (Å²) in [4.78, 5) is 8.51. The molecule has 0 saturated heterocycles. The second kappa shape index (κ2) is 5.47. The van der Waals surface area contributed by atoms with E-state index >= 15 is 0 Å². The smallest absolute Gasteiger partial charge is 0.134 e. The Balaban J connectivity index is 2.09. The van der Waals surface area contributed by atoms with E-state index in [1.54, 1.807) is 17.4 Å². The Kier molecular flexibility index (Phi) is 3.97. The first kappa shape index (κ1) is 12.3. The summed E-state index contributed by atoms with van der Waals surface area (Å²) in [6.45, 7) is 4.89. The average molecular weight is 268 g/mol. The van der Waals surface area contributed by atoms with Crippen LogP contribution in [0.15, 0.2) is 16.8 Å². The Morgan fingerprint density at radius 3 is 2.82 bits per heavy atom. The molecule has 0 aliphatic carbocycles. The van der Waals surface area contributed by atoms with Crippen LogP contribution in [0, 0.1) is 6.92 Å². The van der Waals surface area contributed by atoms with Crippen LogP contribution in [0.2, 0.25) is 5.15 Å². The maximum Gasteiger partial charge on any atom is 0.134 e. The van der Waals surface area contributed by atoms with Crippen LogP contribution in [0.3, 0.4) is 0 Å². The molecule has 2 rings (SSSR count). The molecule has 0 bridgehead atoms. The number of halogens is 1. The molecule has 0 aliphatic heterocycles. The van der Waals surface area contributed by atoms with Gasteiger partial charge in [-0.25, -0.2) is 9.97 Å². The standard InChI is InChI=1S/C12H14ClN3S/c1-3-11-15-10(13)4-12(16-11)14-5-9-7-17-6-8(9)2/h4,6-7H,3,5H2,1-2H3,(H,14,15,16). The van der Waals surface area contributed by atoms with Crippen LogP contribution >= 0.6 is 22.9 Å². The minimum atomic E-state index is 0.487. The Bertz CT molecular complexity index is 510. The number of hydrogen-bond donors (Lipinski definition) is 1. The molecule has 0 amide bonds. The van der Waals surface area contributed by atoms with Gasteiger partial charge in [0, 0.05) is 19.0 Å². The fraction of sp³-hybridized carbons (Fsp3) is 0.333. The summed E-state index contributed by atoms with van der Waals surface area (Å²) in [5, 5.41) is 8.05. The van der Waals surface area contributed by atoms with Gasteiger partial charge >= 0.3 is 0 Å². The van der Waals surface area contributed by atoms with Gasteiger partial charge in [-0.2, -0.15) is 11.3 Å². The molecule has 0 saturated carbocycles. The summed E-state index contributed by atoms with van der Waals surface area (Å²) in [6, 6.07) is 1.75. The number of hydrogen-bond acceptors (Lipinski definition) is 4. The van der Waals surface area contributed by atoms with Crippen molar-refractivity contribution < 1.29 is 0 Å². The minimum absolute atomic E-state index is 0.487. The highest BCUT2D eigenvalue weighted by Crippen LogP contribution is 2.17. The molecule has 0 aromatic carbocycles. The normalized spacial score (nSPS) is 10.5. The molecule has 5 heteroatoms. The van der Waals surface area contributed by atoms with Crippen LogP contribution in [-0.2, 0) is 13.0 Å². The van der Waals surface area contributed by atoms with Gasteiger partial charge in [-0.1, -0.05) is 18.5 Å². The minimum Gasteiger partial charge on any atom is -0.366 e. The first-order valence-corrected chi connectivity index (χ1v) is 6.80. The fourth-order valence-corrected chi connectivity index (χ4v) is 2.53. The number of nitrogens with one attached hydrogen (secondary N) is 1. The topological polar surface area (TPSA) is 37.8 Å². The third kappa shape index (κ3) is 3.17. The highest BCUT2D eigenvalue weighted by Gasteiger charge is 2.03. The molecular weight excluding hydrogens is 254 g/mol. The second-order valence-corrected chi connectivity index (χ2v) is 4.91. The van der Waals surface area contributed by atoms with E-state index in [9.17, 15) is 0 Å². The third-order valence-electron chi connectivity index (χ3n) is 2.48. The predicted octanol–water partition coefficient (Wildman–Crippen LogP) is 3.67. The molecule has 0 spiro atoms. The summed E-state index contributed by atoms with van der Waals surface area (Å²) >= 11 is 7.64. The molecular formula is C12H14ClN3S. The van der Waals surface area contributed by atoms with Gasteiger partial charge in [0.25, 0.3) is 0 Å². The van der Waals surface area contributed by atoms with Crippen molar-refractivity contribution in [2.24, 2.45) is 0 Å². The number of aromatic nitrogens is 2. The monoisotopic (exact) mass is 267 g/mol. The van der Waals surface area contributed by atoms with E-state index in [4.69, 9.17) is 11.6 Å². The van der Waals surface area contributed by atoms with Crippen LogP contribution in [0.25, 0.3) is 0 Å². The highest BCUT2D eigenvalue weighted by molar-refractivity contribution is 7.08. The summed E-state index contributed by atoms with van der Waals surface area (Å²) < 4.78 is 0. The van der Waals surface area contributed by atoms with Gasteiger partial charge in [0.15, 0.2) is 0 Å². The Morgan fingerprint density at radius 1 is 1.35 bits per heavy atom. The first-order valence-electron chi connectivity index (χ1n) is 5.48. The zero-order valence-corrected chi connectivity index (χ0v) is 11.4. The molecule has 0 unspecified atom stereocenters. The van der Waals surface area contributed by atoms with Gasteiger partial charge in [0.05, 0.1) is 0 Å². The van der Waals surface area contributed by atoms with Crippen LogP contribution < -0.4 is 5.32 Å². The second-order valence-electron chi connectivity index (χ2n) is 3.78. The Hall–Kier alpha value is -1.13. The summed E-state index contributed by atoms with van der Waals surface area (Å²) in [7, 11) is 0. The van der Waals surface area contributed by atoms with E-state index in [1.807, 2.05) is 6.92 Å². The third-order valence-corrected chi connectivity index (χ3v) is 3.58. The van der Waals surface area contributed by atoms with E-state index in [1.165, 1.54) is 11.1 Å². The van der Waals surface area contributed by atoms with Crippen LogP contribution in [-0.4, -0.2) is 9.97 Å². The van der Waals surface area contributed by atoms with Gasteiger partial charge in [-0.05, 0) is 28.8 Å². The number of thiophene rings is 1. The average Bonchev–Trinajstić information content (AvgIpc) is 2.71. The lowest BCUT2D eigenvalue weighted by molar-refractivity contribution is 0.932. The van der Waals surface area contributed by atoms with E-state index in [0.717, 1.165) is 24.6 Å². The van der Waals surface area contributed by atoms with Crippen molar-refractivity contribution in [2.45, 2.75) is 26.8 Å². The first-order chi connectivity index (χ1) is 8.19. The van der Waals surface area contributed by atoms with Crippen molar-refractivity contribution in [1.29, 1.82) is 0 Å². The van der Waals surface area contributed by atoms with Gasteiger partial charge in [-0.3, -0.25) is 0 Å². The number of anilines is 1. The van der Waals surface area contributed by atoms with Crippen LogP contribution in [0.1, 0.15) is 23.9 Å². The SMILES string of the molecule is CCc1nc(Cl)cc(NCc2cscc2C)n1. The molecule has 17 heavy (non-hydrogen) atoms. The van der Waals surface area contributed by atoms with Gasteiger partial charge in [-0.15, -0.1) is 0 Å². The van der Waals surface area contributed by atoms with Gasteiger partial charge in [0.1, 0.15) is 16.8 Å². The number of nitrogens with zero attached hydrogens (tertiary/aromatic N) is 2. The maximum absolute atomic E-state index is 5.93. The number of rotatable bonds is 4. The van der Waals surface area contributed by atoms with Crippen molar-refractivity contribution in [3.63, 3.8) is 0 Å². The molecule has 1 N–H and O–H groups in total. The van der Waals surface area contributed by atoms with E-state index < -0.39 is 0 Å². The van der Waals surface area contributed by atoms with E-state index in [2.05, 4.69) is 33.0 Å². The lowest BCUT2D eigenvalue weighted by atomic mass is 10.2. The van der Waals surface area contributed by atoms with Gasteiger partial charge < -0.3 is 5.32 Å². The summed E-state index contributed by atoms with van der Waals surface area (Å²) in [5.41, 5.74) is 2.60. The quantitative estimate of drug-likeness (QED) is 0.859. The van der Waals surface area contributed by atoms with E-state index in [-0.39, 0.29) is 0 Å². The predicted molar refractivity (Wildman–Crippen MR) is 72.8 cm³/mol. The van der Waals surface area contributed by atoms with Crippen molar-refractivity contribution in [3.8, 4) is 0 Å². The lowest BCUT2D eigenvalue weighted by Crippen LogP contribution is -2.04. The molecule has 3 nitrogen and oxygen atoms in total. The largest absolute Gasteiger partial charge is 0.366 e. The number of aryl methyl sites for hydroxylation is 2. The molecule has 2 aromatic heterocycles. The van der Waals surface area contributed by atoms with E-state index in [0.29, 0.717) is 5.15 Å². The Morgan fingerprint density at radius 2 is 2.18 bits per heavy atom. The molecule has 0 radical (unpaired) electrons. The van der Waals surface area contributed by atoms with Crippen molar-refractivity contribution in [2.75, 3.05) is 5.32 Å². The zero-order chi connectivity index (χ0) is 12.3. The molecule has 0 aliphatic rings. The molecule has 0 atom stereocenters. The van der Waals surface area contributed by atoms with Gasteiger partial charge in [0.2, 0.25) is 0 Å². The highest BCUT2D eigenvalue weighted by atomic mass is 35.5. The van der Waals surface area contributed by atoms with Crippen LogP contribution in [0.5, 0.6) is 0 Å². The zero-order valence-electron chi connectivity index (χ0n) is 9.83. The lowest BCUT2D eigenvalue weighted by Gasteiger charge is -2.07. The fourth-order valence-electron chi connectivity index (χ4n) is 1.47.